The first kappa shape index (κ1) is 14.3. The highest BCUT2D eigenvalue weighted by molar-refractivity contribution is 5.97. The summed E-state index contributed by atoms with van der Waals surface area (Å²) in [7, 11) is 1.38. The minimum Gasteiger partial charge on any atom is -0.494 e. The molecule has 0 radical (unpaired) electrons. The zero-order valence-electron chi connectivity index (χ0n) is 11.9. The lowest BCUT2D eigenvalue weighted by Gasteiger charge is -2.07. The van der Waals surface area contributed by atoms with Crippen molar-refractivity contribution >= 4 is 5.78 Å². The molecule has 3 heteroatoms. The summed E-state index contributed by atoms with van der Waals surface area (Å²) in [6.07, 6.45) is 0.301. The van der Waals surface area contributed by atoms with Gasteiger partial charge in [-0.3, -0.25) is 4.79 Å². The molecule has 0 spiro atoms. The van der Waals surface area contributed by atoms with E-state index in [1.807, 2.05) is 32.0 Å². The Kier molecular flexibility index (Phi) is 4.18. The van der Waals surface area contributed by atoms with Gasteiger partial charge in [0.15, 0.2) is 17.3 Å². The second-order valence-corrected chi connectivity index (χ2v) is 4.87. The van der Waals surface area contributed by atoms with Crippen molar-refractivity contribution in [3.8, 4) is 5.75 Å². The van der Waals surface area contributed by atoms with Crippen LogP contribution in [0.4, 0.5) is 4.39 Å². The van der Waals surface area contributed by atoms with E-state index in [9.17, 15) is 9.18 Å². The molecule has 0 amide bonds. The fourth-order valence-corrected chi connectivity index (χ4v) is 2.03. The number of Topliss-reactive ketones (excluding diaryl/α,β-unsaturated/α-hetero) is 1. The number of ether oxygens (including phenoxy) is 1. The van der Waals surface area contributed by atoms with Crippen molar-refractivity contribution in [1.82, 2.24) is 0 Å². The molecule has 2 aromatic rings. The predicted molar refractivity (Wildman–Crippen MR) is 76.9 cm³/mol. The van der Waals surface area contributed by atoms with E-state index in [-0.39, 0.29) is 11.5 Å². The van der Waals surface area contributed by atoms with E-state index in [1.165, 1.54) is 30.9 Å². The maximum Gasteiger partial charge on any atom is 0.167 e. The maximum absolute atomic E-state index is 13.3. The van der Waals surface area contributed by atoms with E-state index in [2.05, 4.69) is 0 Å². The summed E-state index contributed by atoms with van der Waals surface area (Å²) in [5.41, 5.74) is 3.78. The van der Waals surface area contributed by atoms with Gasteiger partial charge in [-0.05, 0) is 48.7 Å². The topological polar surface area (TPSA) is 26.3 Å². The highest BCUT2D eigenvalue weighted by atomic mass is 19.1. The lowest BCUT2D eigenvalue weighted by Crippen LogP contribution is -2.05. The van der Waals surface area contributed by atoms with E-state index in [4.69, 9.17) is 4.74 Å². The van der Waals surface area contributed by atoms with Crippen LogP contribution in [0, 0.1) is 19.7 Å². The largest absolute Gasteiger partial charge is 0.494 e. The SMILES string of the molecule is COc1cc(C(=O)Cc2ccc(C)c(C)c2)ccc1F. The number of rotatable bonds is 4. The van der Waals surface area contributed by atoms with Crippen LogP contribution >= 0.6 is 0 Å². The van der Waals surface area contributed by atoms with Crippen LogP contribution in [-0.2, 0) is 6.42 Å². The molecular weight excluding hydrogens is 255 g/mol. The predicted octanol–water partition coefficient (Wildman–Crippen LogP) is 3.88. The lowest BCUT2D eigenvalue weighted by atomic mass is 9.99. The number of hydrogen-bond acceptors (Lipinski definition) is 2. The maximum atomic E-state index is 13.3. The van der Waals surface area contributed by atoms with Crippen molar-refractivity contribution in [2.24, 2.45) is 0 Å². The van der Waals surface area contributed by atoms with Crippen molar-refractivity contribution in [3.63, 3.8) is 0 Å². The van der Waals surface area contributed by atoms with Gasteiger partial charge in [0.2, 0.25) is 0 Å². The van der Waals surface area contributed by atoms with Gasteiger partial charge >= 0.3 is 0 Å². The Hall–Kier alpha value is -2.16. The molecule has 0 bridgehead atoms. The summed E-state index contributed by atoms with van der Waals surface area (Å²) < 4.78 is 18.2. The van der Waals surface area contributed by atoms with Crippen molar-refractivity contribution in [1.29, 1.82) is 0 Å². The van der Waals surface area contributed by atoms with Crippen LogP contribution in [0.15, 0.2) is 36.4 Å². The standard InChI is InChI=1S/C17H17FO2/c1-11-4-5-13(8-12(11)2)9-16(19)14-6-7-15(18)17(10-14)20-3/h4-8,10H,9H2,1-3H3. The van der Waals surface area contributed by atoms with Gasteiger partial charge in [-0.25, -0.2) is 4.39 Å². The molecule has 2 aromatic carbocycles. The minimum atomic E-state index is -0.463. The Balaban J connectivity index is 2.21. The highest BCUT2D eigenvalue weighted by Crippen LogP contribution is 2.20. The molecule has 0 saturated carbocycles. The molecule has 20 heavy (non-hydrogen) atoms. The first-order valence-electron chi connectivity index (χ1n) is 6.44. The number of carbonyl (C=O) groups excluding carboxylic acids is 1. The Morgan fingerprint density at radius 3 is 2.50 bits per heavy atom. The van der Waals surface area contributed by atoms with Gasteiger partial charge in [0, 0.05) is 12.0 Å². The Bertz CT molecular complexity index is 647. The zero-order chi connectivity index (χ0) is 14.7. The molecule has 0 saturated heterocycles. The Labute approximate surface area is 118 Å². The molecular formula is C17H17FO2. The lowest BCUT2D eigenvalue weighted by molar-refractivity contribution is 0.0992. The molecule has 104 valence electrons. The first-order chi connectivity index (χ1) is 9.51. The van der Waals surface area contributed by atoms with Crippen LogP contribution in [0.3, 0.4) is 0 Å². The summed E-state index contributed by atoms with van der Waals surface area (Å²) >= 11 is 0. The number of aryl methyl sites for hydroxylation is 2. The molecule has 2 rings (SSSR count). The highest BCUT2D eigenvalue weighted by Gasteiger charge is 2.11. The number of hydrogen-bond donors (Lipinski definition) is 0. The van der Waals surface area contributed by atoms with Crippen LogP contribution < -0.4 is 4.74 Å². The summed E-state index contributed by atoms with van der Waals surface area (Å²) in [5.74, 6) is -0.419. The Morgan fingerprint density at radius 1 is 1.10 bits per heavy atom. The van der Waals surface area contributed by atoms with Crippen molar-refractivity contribution in [3.05, 3.63) is 64.5 Å². The molecule has 2 nitrogen and oxygen atoms in total. The van der Waals surface area contributed by atoms with Crippen LogP contribution in [0.1, 0.15) is 27.0 Å². The molecule has 0 aliphatic carbocycles. The van der Waals surface area contributed by atoms with Gasteiger partial charge in [-0.1, -0.05) is 18.2 Å². The van der Waals surface area contributed by atoms with Gasteiger partial charge in [0.05, 0.1) is 7.11 Å². The number of methoxy groups -OCH3 is 1. The second-order valence-electron chi connectivity index (χ2n) is 4.87. The van der Waals surface area contributed by atoms with Crippen LogP contribution in [0.25, 0.3) is 0 Å². The molecule has 0 atom stereocenters. The molecule has 0 aromatic heterocycles. The fraction of sp³-hybridized carbons (Fsp3) is 0.235. The third-order valence-corrected chi connectivity index (χ3v) is 3.41. The molecule has 0 unspecified atom stereocenters. The number of halogens is 1. The minimum absolute atomic E-state index is 0.0495. The summed E-state index contributed by atoms with van der Waals surface area (Å²) in [5, 5.41) is 0. The van der Waals surface area contributed by atoms with E-state index in [0.29, 0.717) is 12.0 Å². The monoisotopic (exact) mass is 272 g/mol. The van der Waals surface area contributed by atoms with E-state index < -0.39 is 5.82 Å². The average Bonchev–Trinajstić information content (AvgIpc) is 2.43. The molecule has 0 aliphatic rings. The third-order valence-electron chi connectivity index (χ3n) is 3.41. The van der Waals surface area contributed by atoms with Crippen molar-refractivity contribution < 1.29 is 13.9 Å². The summed E-state index contributed by atoms with van der Waals surface area (Å²) in [6, 6.07) is 10.1. The summed E-state index contributed by atoms with van der Waals surface area (Å²) in [6.45, 7) is 4.05. The smallest absolute Gasteiger partial charge is 0.167 e. The van der Waals surface area contributed by atoms with Gasteiger partial charge in [-0.15, -0.1) is 0 Å². The summed E-state index contributed by atoms with van der Waals surface area (Å²) in [4.78, 5) is 12.2. The fourth-order valence-electron chi connectivity index (χ4n) is 2.03. The first-order valence-corrected chi connectivity index (χ1v) is 6.44. The van der Waals surface area contributed by atoms with Gasteiger partial charge in [-0.2, -0.15) is 0 Å². The van der Waals surface area contributed by atoms with E-state index in [1.54, 1.807) is 0 Å². The van der Waals surface area contributed by atoms with Crippen molar-refractivity contribution in [2.75, 3.05) is 7.11 Å². The van der Waals surface area contributed by atoms with Crippen molar-refractivity contribution in [2.45, 2.75) is 20.3 Å². The van der Waals surface area contributed by atoms with E-state index >= 15 is 0 Å². The molecule has 0 heterocycles. The normalized spacial score (nSPS) is 10.4. The second kappa shape index (κ2) is 5.87. The molecule has 0 N–H and O–H groups in total. The Morgan fingerprint density at radius 2 is 1.85 bits per heavy atom. The van der Waals surface area contributed by atoms with Gasteiger partial charge < -0.3 is 4.74 Å². The van der Waals surface area contributed by atoms with Crippen LogP contribution in [-0.4, -0.2) is 12.9 Å². The third kappa shape index (κ3) is 3.05. The number of carbonyl (C=O) groups is 1. The zero-order valence-corrected chi connectivity index (χ0v) is 11.9. The number of ketones is 1. The quantitative estimate of drug-likeness (QED) is 0.790. The average molecular weight is 272 g/mol. The van der Waals surface area contributed by atoms with Gasteiger partial charge in [0.25, 0.3) is 0 Å². The van der Waals surface area contributed by atoms with E-state index in [0.717, 1.165) is 11.1 Å². The van der Waals surface area contributed by atoms with Crippen LogP contribution in [0.5, 0.6) is 5.75 Å². The van der Waals surface area contributed by atoms with Crippen LogP contribution in [0.2, 0.25) is 0 Å². The molecule has 0 aliphatic heterocycles. The molecule has 0 fully saturated rings. The number of benzene rings is 2. The van der Waals surface area contributed by atoms with Gasteiger partial charge in [0.1, 0.15) is 0 Å².